The standard InChI is InChI=1S/C58H43N/c1-2-16-40(17-3-1)49-24-8-9-25-50(49)41-32-34-46(35-33-41)59(47-22-14-20-42(36-47)57-38-44-18-4-6-26-51(44)53-28-10-12-30-55(53)57)48-23-15-21-43(37-48)58-39-45-19-5-7-27-52(45)54-29-11-13-31-56(54)58/h1-14,16-20,22-39,54,56H,15,21H2/t54?,56-/m1/s1. The van der Waals surface area contributed by atoms with Gasteiger partial charge in [-0.3, -0.25) is 0 Å². The van der Waals surface area contributed by atoms with E-state index in [1.165, 1.54) is 82.9 Å². The number of allylic oxidation sites excluding steroid dienone is 8. The fourth-order valence-corrected chi connectivity index (χ4v) is 9.73. The second-order valence-electron chi connectivity index (χ2n) is 15.9. The molecule has 0 heterocycles. The summed E-state index contributed by atoms with van der Waals surface area (Å²) in [6.07, 6.45) is 18.6. The van der Waals surface area contributed by atoms with Crippen LogP contribution in [0, 0.1) is 5.92 Å². The van der Waals surface area contributed by atoms with E-state index in [2.05, 4.69) is 229 Å². The van der Waals surface area contributed by atoms with Crippen molar-refractivity contribution in [3.63, 3.8) is 0 Å². The lowest BCUT2D eigenvalue weighted by Gasteiger charge is -2.35. The van der Waals surface area contributed by atoms with Crippen LogP contribution in [0.4, 0.5) is 11.4 Å². The third-order valence-electron chi connectivity index (χ3n) is 12.5. The molecule has 0 amide bonds. The Morgan fingerprint density at radius 3 is 1.93 bits per heavy atom. The van der Waals surface area contributed by atoms with Crippen molar-refractivity contribution >= 4 is 39.0 Å². The predicted molar refractivity (Wildman–Crippen MR) is 251 cm³/mol. The summed E-state index contributed by atoms with van der Waals surface area (Å²) >= 11 is 0. The Morgan fingerprint density at radius 2 is 1.10 bits per heavy atom. The minimum absolute atomic E-state index is 0.322. The van der Waals surface area contributed by atoms with E-state index in [1.807, 2.05) is 0 Å². The third kappa shape index (κ3) is 6.37. The first-order chi connectivity index (χ1) is 29.3. The van der Waals surface area contributed by atoms with Gasteiger partial charge in [-0.1, -0.05) is 188 Å². The molecule has 0 N–H and O–H groups in total. The highest BCUT2D eigenvalue weighted by atomic mass is 15.1. The predicted octanol–water partition coefficient (Wildman–Crippen LogP) is 15.7. The van der Waals surface area contributed by atoms with Crippen LogP contribution in [0.2, 0.25) is 0 Å². The zero-order valence-electron chi connectivity index (χ0n) is 32.9. The molecule has 1 heteroatoms. The van der Waals surface area contributed by atoms with Crippen LogP contribution in [0.1, 0.15) is 29.9 Å². The average Bonchev–Trinajstić information content (AvgIpc) is 3.32. The van der Waals surface area contributed by atoms with Crippen LogP contribution in [0.15, 0.2) is 235 Å². The van der Waals surface area contributed by atoms with Crippen molar-refractivity contribution in [2.24, 2.45) is 5.92 Å². The number of fused-ring (bicyclic) bond motifs is 6. The summed E-state index contributed by atoms with van der Waals surface area (Å²) in [5, 5.41) is 5.09. The summed E-state index contributed by atoms with van der Waals surface area (Å²) in [5.41, 5.74) is 16.4. The van der Waals surface area contributed by atoms with Gasteiger partial charge in [-0.25, -0.2) is 0 Å². The molecule has 0 saturated heterocycles. The number of benzene rings is 8. The van der Waals surface area contributed by atoms with Gasteiger partial charge in [0.15, 0.2) is 0 Å². The van der Waals surface area contributed by atoms with Crippen LogP contribution in [0.5, 0.6) is 0 Å². The normalized spacial score (nSPS) is 16.8. The lowest BCUT2D eigenvalue weighted by molar-refractivity contribution is 0.652. The van der Waals surface area contributed by atoms with E-state index in [0.717, 1.165) is 24.2 Å². The van der Waals surface area contributed by atoms with E-state index in [4.69, 9.17) is 0 Å². The maximum Gasteiger partial charge on any atom is 0.0467 e. The van der Waals surface area contributed by atoms with Crippen LogP contribution in [-0.4, -0.2) is 0 Å². The fourth-order valence-electron chi connectivity index (χ4n) is 9.73. The van der Waals surface area contributed by atoms with Crippen molar-refractivity contribution in [2.45, 2.75) is 18.8 Å². The molecular formula is C58H43N. The van der Waals surface area contributed by atoms with E-state index in [-0.39, 0.29) is 0 Å². The maximum atomic E-state index is 2.48. The Morgan fingerprint density at radius 1 is 0.441 bits per heavy atom. The summed E-state index contributed by atoms with van der Waals surface area (Å²) in [4.78, 5) is 2.48. The van der Waals surface area contributed by atoms with Gasteiger partial charge in [-0.05, 0) is 126 Å². The van der Waals surface area contributed by atoms with Gasteiger partial charge in [-0.2, -0.15) is 0 Å². The Labute approximate surface area is 346 Å². The largest absolute Gasteiger partial charge is 0.311 e. The Balaban J connectivity index is 1.05. The molecule has 3 aliphatic rings. The van der Waals surface area contributed by atoms with E-state index in [9.17, 15) is 0 Å². The summed E-state index contributed by atoms with van der Waals surface area (Å²) in [7, 11) is 0. The molecule has 0 fully saturated rings. The van der Waals surface area contributed by atoms with Crippen molar-refractivity contribution < 1.29 is 0 Å². The van der Waals surface area contributed by atoms with Crippen molar-refractivity contribution in [1.82, 2.24) is 0 Å². The number of nitrogens with zero attached hydrogens (tertiary/aromatic N) is 1. The summed E-state index contributed by atoms with van der Waals surface area (Å²) in [6.45, 7) is 0. The van der Waals surface area contributed by atoms with Gasteiger partial charge in [0.25, 0.3) is 0 Å². The first-order valence-electron chi connectivity index (χ1n) is 20.9. The molecule has 0 spiro atoms. The second-order valence-corrected chi connectivity index (χ2v) is 15.9. The van der Waals surface area contributed by atoms with E-state index in [1.54, 1.807) is 0 Å². The topological polar surface area (TPSA) is 3.24 Å². The van der Waals surface area contributed by atoms with Gasteiger partial charge in [0.2, 0.25) is 0 Å². The highest BCUT2D eigenvalue weighted by Gasteiger charge is 2.32. The monoisotopic (exact) mass is 753 g/mol. The molecule has 59 heavy (non-hydrogen) atoms. The third-order valence-corrected chi connectivity index (χ3v) is 12.5. The first kappa shape index (κ1) is 35.0. The molecule has 1 nitrogen and oxygen atoms in total. The van der Waals surface area contributed by atoms with Crippen LogP contribution >= 0.6 is 0 Å². The van der Waals surface area contributed by atoms with Crippen molar-refractivity contribution in [2.75, 3.05) is 4.90 Å². The number of anilines is 2. The SMILES string of the molecule is C1=CC2c3ccccc3C=C(C3=CC(N(c4ccc(-c5ccccc5-c5ccccc5)cc4)c4cccc(-c5cc6ccccc6c6ccccc56)c4)=CCC3)[C@@H]2C=C1. The van der Waals surface area contributed by atoms with Gasteiger partial charge in [0.05, 0.1) is 0 Å². The van der Waals surface area contributed by atoms with Gasteiger partial charge in [0, 0.05) is 28.9 Å². The van der Waals surface area contributed by atoms with Gasteiger partial charge in [0.1, 0.15) is 0 Å². The summed E-state index contributed by atoms with van der Waals surface area (Å²) in [5.74, 6) is 0.671. The number of hydrogen-bond acceptors (Lipinski definition) is 1. The molecule has 280 valence electrons. The Hall–Kier alpha value is -7.22. The molecule has 8 aromatic rings. The molecule has 3 aliphatic carbocycles. The van der Waals surface area contributed by atoms with Crippen LogP contribution < -0.4 is 4.90 Å². The molecule has 0 radical (unpaired) electrons. The maximum absolute atomic E-state index is 2.48. The van der Waals surface area contributed by atoms with Crippen molar-refractivity contribution in [1.29, 1.82) is 0 Å². The minimum Gasteiger partial charge on any atom is -0.311 e. The zero-order chi connectivity index (χ0) is 39.1. The lowest BCUT2D eigenvalue weighted by atomic mass is 9.70. The van der Waals surface area contributed by atoms with Crippen molar-refractivity contribution in [3.8, 4) is 33.4 Å². The van der Waals surface area contributed by atoms with Crippen molar-refractivity contribution in [3.05, 3.63) is 246 Å². The Bertz CT molecular complexity index is 3050. The molecule has 0 saturated carbocycles. The summed E-state index contributed by atoms with van der Waals surface area (Å²) in [6, 6.07) is 66.7. The van der Waals surface area contributed by atoms with E-state index < -0.39 is 0 Å². The molecule has 0 bridgehead atoms. The molecular weight excluding hydrogens is 711 g/mol. The highest BCUT2D eigenvalue weighted by molar-refractivity contribution is 6.13. The zero-order valence-corrected chi connectivity index (χ0v) is 32.9. The molecule has 0 aromatic heterocycles. The average molecular weight is 754 g/mol. The quantitative estimate of drug-likeness (QED) is 0.147. The molecule has 0 aliphatic heterocycles. The van der Waals surface area contributed by atoms with Gasteiger partial charge in [-0.15, -0.1) is 0 Å². The molecule has 8 aromatic carbocycles. The van der Waals surface area contributed by atoms with Gasteiger partial charge >= 0.3 is 0 Å². The van der Waals surface area contributed by atoms with E-state index in [0.29, 0.717) is 11.8 Å². The fraction of sp³-hybridized carbons (Fsp3) is 0.0690. The Kier molecular flexibility index (Phi) is 8.86. The van der Waals surface area contributed by atoms with Crippen LogP contribution in [0.3, 0.4) is 0 Å². The molecule has 11 rings (SSSR count). The smallest absolute Gasteiger partial charge is 0.0467 e. The first-order valence-corrected chi connectivity index (χ1v) is 20.9. The highest BCUT2D eigenvalue weighted by Crippen LogP contribution is 2.47. The lowest BCUT2D eigenvalue weighted by Crippen LogP contribution is -2.22. The number of hydrogen-bond donors (Lipinski definition) is 0. The van der Waals surface area contributed by atoms with Crippen LogP contribution in [0.25, 0.3) is 61.0 Å². The van der Waals surface area contributed by atoms with E-state index >= 15 is 0 Å². The molecule has 1 unspecified atom stereocenters. The van der Waals surface area contributed by atoms with Crippen LogP contribution in [-0.2, 0) is 0 Å². The molecule has 2 atom stereocenters. The second kappa shape index (κ2) is 14.9. The number of rotatable bonds is 7. The van der Waals surface area contributed by atoms with Gasteiger partial charge < -0.3 is 4.90 Å². The minimum atomic E-state index is 0.322. The summed E-state index contributed by atoms with van der Waals surface area (Å²) < 4.78 is 0.